The summed E-state index contributed by atoms with van der Waals surface area (Å²) in [7, 11) is -3.13. The van der Waals surface area contributed by atoms with Crippen LogP contribution in [0.25, 0.3) is 0 Å². The Bertz CT molecular complexity index is 1040. The molecule has 0 aromatic rings. The number of halogens is 2. The SMILES string of the molecule is CC(C)=CCC/C(C)=C/CCC(C)=CCC/C=C(\C)CC/C=C(\C)CCC(O)NCCSC1CCOP(=O)(NCCCl)N1CCCl. The zero-order valence-electron chi connectivity index (χ0n) is 29.6. The fourth-order valence-electron chi connectivity index (χ4n) is 5.16. The summed E-state index contributed by atoms with van der Waals surface area (Å²) in [6, 6.07) is 0. The molecule has 3 N–H and O–H groups in total. The lowest BCUT2D eigenvalue weighted by molar-refractivity contribution is 0.130. The molecule has 0 aromatic carbocycles. The minimum Gasteiger partial charge on any atom is -0.379 e. The Labute approximate surface area is 296 Å². The molecular formula is C36H64Cl2N3O3PS. The smallest absolute Gasteiger partial charge is 0.344 e. The quantitative estimate of drug-likeness (QED) is 0.0285. The molecule has 1 aliphatic heterocycles. The molecule has 266 valence electrons. The van der Waals surface area contributed by atoms with Gasteiger partial charge >= 0.3 is 7.67 Å². The van der Waals surface area contributed by atoms with Gasteiger partial charge in [0.25, 0.3) is 0 Å². The zero-order valence-corrected chi connectivity index (χ0v) is 32.8. The van der Waals surface area contributed by atoms with E-state index >= 15 is 0 Å². The Kier molecular flexibility index (Phi) is 25.2. The molecule has 46 heavy (non-hydrogen) atoms. The molecule has 0 aromatic heterocycles. The molecule has 1 saturated heterocycles. The molecule has 1 aliphatic rings. The van der Waals surface area contributed by atoms with Crippen LogP contribution in [0.4, 0.5) is 0 Å². The fraction of sp³-hybridized carbons (Fsp3) is 0.722. The van der Waals surface area contributed by atoms with Crippen molar-refractivity contribution in [2.75, 3.05) is 43.8 Å². The van der Waals surface area contributed by atoms with Gasteiger partial charge < -0.3 is 9.63 Å². The summed E-state index contributed by atoms with van der Waals surface area (Å²) in [5.41, 5.74) is 7.16. The van der Waals surface area contributed by atoms with Crippen LogP contribution in [0.3, 0.4) is 0 Å². The number of aliphatic hydroxyl groups is 1. The molecule has 1 heterocycles. The molecule has 0 spiro atoms. The fourth-order valence-corrected chi connectivity index (χ4v) is 9.29. The van der Waals surface area contributed by atoms with Crippen molar-refractivity contribution in [3.8, 4) is 0 Å². The number of unbranched alkanes of at least 4 members (excludes halogenated alkanes) is 1. The summed E-state index contributed by atoms with van der Waals surface area (Å²) in [6.45, 7) is 15.2. The van der Waals surface area contributed by atoms with Gasteiger partial charge in [-0.05, 0) is 112 Å². The van der Waals surface area contributed by atoms with Crippen LogP contribution < -0.4 is 10.4 Å². The number of nitrogens with zero attached hydrogens (tertiary/aromatic N) is 1. The predicted octanol–water partition coefficient (Wildman–Crippen LogP) is 10.5. The van der Waals surface area contributed by atoms with Gasteiger partial charge in [0.05, 0.1) is 12.0 Å². The average molecular weight is 721 g/mol. The topological polar surface area (TPSA) is 73.8 Å². The Hall–Kier alpha value is -0.340. The highest BCUT2D eigenvalue weighted by atomic mass is 35.5. The van der Waals surface area contributed by atoms with E-state index in [2.05, 4.69) is 82.3 Å². The first-order valence-corrected chi connectivity index (χ1v) is 20.9. The predicted molar refractivity (Wildman–Crippen MR) is 205 cm³/mol. The van der Waals surface area contributed by atoms with Gasteiger partial charge in [-0.3, -0.25) is 9.88 Å². The molecule has 0 amide bonds. The maximum absolute atomic E-state index is 13.3. The number of nitrogens with one attached hydrogen (secondary N) is 2. The second-order valence-electron chi connectivity index (χ2n) is 12.6. The average Bonchev–Trinajstić information content (AvgIpc) is 3.01. The highest BCUT2D eigenvalue weighted by molar-refractivity contribution is 8.00. The summed E-state index contributed by atoms with van der Waals surface area (Å²) in [6.07, 6.45) is 22.6. The Morgan fingerprint density at radius 1 is 0.848 bits per heavy atom. The zero-order chi connectivity index (χ0) is 34.2. The van der Waals surface area contributed by atoms with E-state index in [1.54, 1.807) is 11.8 Å². The van der Waals surface area contributed by atoms with Crippen molar-refractivity contribution in [1.29, 1.82) is 0 Å². The summed E-state index contributed by atoms with van der Waals surface area (Å²) in [5, 5.41) is 16.7. The summed E-state index contributed by atoms with van der Waals surface area (Å²) in [4.78, 5) is 0. The van der Waals surface area contributed by atoms with Crippen molar-refractivity contribution in [2.45, 2.75) is 124 Å². The van der Waals surface area contributed by atoms with E-state index < -0.39 is 13.9 Å². The molecule has 0 aliphatic carbocycles. The number of hydrogen-bond donors (Lipinski definition) is 3. The van der Waals surface area contributed by atoms with E-state index in [-0.39, 0.29) is 5.37 Å². The molecule has 0 radical (unpaired) electrons. The van der Waals surface area contributed by atoms with E-state index in [1.165, 1.54) is 34.3 Å². The monoisotopic (exact) mass is 719 g/mol. The van der Waals surface area contributed by atoms with Crippen molar-refractivity contribution < 1.29 is 14.2 Å². The summed E-state index contributed by atoms with van der Waals surface area (Å²) in [5.74, 6) is 1.53. The van der Waals surface area contributed by atoms with Crippen LogP contribution in [0, 0.1) is 0 Å². The van der Waals surface area contributed by atoms with E-state index in [1.807, 2.05) is 4.67 Å². The first kappa shape index (κ1) is 43.7. The van der Waals surface area contributed by atoms with Crippen molar-refractivity contribution in [3.05, 3.63) is 58.2 Å². The van der Waals surface area contributed by atoms with Gasteiger partial charge in [0, 0.05) is 37.1 Å². The van der Waals surface area contributed by atoms with E-state index in [0.29, 0.717) is 44.4 Å². The maximum Gasteiger partial charge on any atom is 0.344 e. The van der Waals surface area contributed by atoms with Crippen LogP contribution in [0.2, 0.25) is 0 Å². The number of rotatable bonds is 25. The van der Waals surface area contributed by atoms with Crippen molar-refractivity contribution in [3.63, 3.8) is 0 Å². The Morgan fingerprint density at radius 3 is 1.93 bits per heavy atom. The van der Waals surface area contributed by atoms with Gasteiger partial charge in [0.15, 0.2) is 0 Å². The van der Waals surface area contributed by atoms with Crippen molar-refractivity contribution in [2.24, 2.45) is 0 Å². The number of alkyl halides is 2. The van der Waals surface area contributed by atoms with E-state index in [0.717, 1.165) is 63.5 Å². The second kappa shape index (κ2) is 26.5. The number of thioether (sulfide) groups is 1. The van der Waals surface area contributed by atoms with Crippen LogP contribution in [0.15, 0.2) is 58.2 Å². The third-order valence-electron chi connectivity index (χ3n) is 7.93. The highest BCUT2D eigenvalue weighted by Gasteiger charge is 2.40. The normalized spacial score (nSPS) is 21.1. The summed E-state index contributed by atoms with van der Waals surface area (Å²) < 4.78 is 20.8. The third kappa shape index (κ3) is 20.9. The third-order valence-corrected chi connectivity index (χ3v) is 12.1. The molecule has 6 nitrogen and oxygen atoms in total. The summed E-state index contributed by atoms with van der Waals surface area (Å²) >= 11 is 13.5. The first-order chi connectivity index (χ1) is 22.0. The van der Waals surface area contributed by atoms with E-state index in [4.69, 9.17) is 27.7 Å². The highest BCUT2D eigenvalue weighted by Crippen LogP contribution is 2.53. The van der Waals surface area contributed by atoms with Crippen molar-refractivity contribution in [1.82, 2.24) is 15.1 Å². The molecule has 10 heteroatoms. The molecule has 1 rings (SSSR count). The van der Waals surface area contributed by atoms with Gasteiger partial charge in [-0.2, -0.15) is 0 Å². The Morgan fingerprint density at radius 2 is 1.39 bits per heavy atom. The standard InChI is InChI=1S/C36H64Cl2N3O3PS/c1-30(2)12-9-15-33(5)18-10-16-31(3)13-7-8-14-32(4)17-11-19-34(6)20-21-35(42)39-26-29-46-36-22-28-44-45(43,40-25-23-37)41(36)27-24-38/h12-14,18-19,35-36,39,42H,7-11,15-17,20-29H2,1-6H3,(H,40,43)/b31-13?,32-14+,33-18+,34-19+. The van der Waals surface area contributed by atoms with Crippen LogP contribution in [0.1, 0.15) is 112 Å². The first-order valence-electron chi connectivity index (χ1n) is 17.2. The molecule has 1 fully saturated rings. The van der Waals surface area contributed by atoms with Crippen LogP contribution in [-0.4, -0.2) is 65.1 Å². The Balaban J connectivity index is 2.25. The van der Waals surface area contributed by atoms with Crippen molar-refractivity contribution >= 4 is 42.6 Å². The van der Waals surface area contributed by atoms with E-state index in [9.17, 15) is 9.67 Å². The maximum atomic E-state index is 13.3. The van der Waals surface area contributed by atoms with Gasteiger partial charge in [-0.1, -0.05) is 58.2 Å². The molecular weight excluding hydrogens is 656 g/mol. The number of hydrogen-bond acceptors (Lipinski definition) is 5. The van der Waals surface area contributed by atoms with Gasteiger partial charge in [-0.15, -0.1) is 35.0 Å². The van der Waals surface area contributed by atoms with Crippen LogP contribution in [0.5, 0.6) is 0 Å². The van der Waals surface area contributed by atoms with Crippen LogP contribution >= 0.6 is 42.6 Å². The molecule has 3 unspecified atom stereocenters. The van der Waals surface area contributed by atoms with Crippen LogP contribution in [-0.2, 0) is 9.09 Å². The lowest BCUT2D eigenvalue weighted by Gasteiger charge is -2.40. The van der Waals surface area contributed by atoms with Gasteiger partial charge in [0.1, 0.15) is 6.23 Å². The molecule has 3 atom stereocenters. The largest absolute Gasteiger partial charge is 0.379 e. The molecule has 0 saturated carbocycles. The number of aliphatic hydroxyl groups excluding tert-OH is 1. The minimum absolute atomic E-state index is 0.0491. The second-order valence-corrected chi connectivity index (χ2v) is 16.8. The molecule has 0 bridgehead atoms. The lowest BCUT2D eigenvalue weighted by atomic mass is 10.0. The lowest BCUT2D eigenvalue weighted by Crippen LogP contribution is -2.42. The van der Waals surface area contributed by atoms with Gasteiger partial charge in [0.2, 0.25) is 0 Å². The number of allylic oxidation sites excluding steroid dienone is 10. The minimum atomic E-state index is -3.13. The van der Waals surface area contributed by atoms with Gasteiger partial charge in [-0.25, -0.2) is 9.76 Å².